The van der Waals surface area contributed by atoms with E-state index in [1.165, 1.54) is 6.20 Å². The Balaban J connectivity index is 2.23. The second-order valence-electron chi connectivity index (χ2n) is 4.92. The fourth-order valence-corrected chi connectivity index (χ4v) is 2.60. The van der Waals surface area contributed by atoms with Crippen LogP contribution in [-0.2, 0) is 4.79 Å². The lowest BCUT2D eigenvalue weighted by Crippen LogP contribution is -2.46. The predicted molar refractivity (Wildman–Crippen MR) is 70.8 cm³/mol. The Morgan fingerprint density at radius 2 is 2.11 bits per heavy atom. The quantitative estimate of drug-likeness (QED) is 0.217. The number of amidine groups is 1. The Hall–Kier alpha value is -2.05. The first-order chi connectivity index (χ1) is 9.19. The van der Waals surface area contributed by atoms with E-state index >= 15 is 0 Å². The maximum absolute atomic E-state index is 12.5. The minimum Gasteiger partial charge on any atom is -0.409 e. The largest absolute Gasteiger partial charge is 0.409 e. The highest BCUT2D eigenvalue weighted by Crippen LogP contribution is 2.36. The summed E-state index contributed by atoms with van der Waals surface area (Å²) < 4.78 is 0. The van der Waals surface area contributed by atoms with Crippen LogP contribution < -0.4 is 11.1 Å². The van der Waals surface area contributed by atoms with Crippen LogP contribution in [0.3, 0.4) is 0 Å². The molecular weight excluding hydrogens is 246 g/mol. The van der Waals surface area contributed by atoms with E-state index in [1.54, 1.807) is 6.20 Å². The van der Waals surface area contributed by atoms with E-state index in [-0.39, 0.29) is 11.7 Å². The molecule has 7 heteroatoms. The van der Waals surface area contributed by atoms with E-state index in [0.29, 0.717) is 18.5 Å². The number of amides is 1. The van der Waals surface area contributed by atoms with Gasteiger partial charge in [0.05, 0.1) is 11.9 Å². The van der Waals surface area contributed by atoms with Crippen molar-refractivity contribution in [3.63, 3.8) is 0 Å². The van der Waals surface area contributed by atoms with Crippen molar-refractivity contribution in [1.29, 1.82) is 0 Å². The van der Waals surface area contributed by atoms with Gasteiger partial charge in [0.15, 0.2) is 5.84 Å². The van der Waals surface area contributed by atoms with E-state index in [2.05, 4.69) is 20.7 Å². The summed E-state index contributed by atoms with van der Waals surface area (Å²) in [6, 6.07) is 0. The molecule has 1 aromatic rings. The number of nitrogens with zero attached hydrogens (tertiary/aromatic N) is 2. The highest BCUT2D eigenvalue weighted by Gasteiger charge is 2.43. The molecule has 0 aliphatic heterocycles. The van der Waals surface area contributed by atoms with Crippen LogP contribution in [0.5, 0.6) is 0 Å². The van der Waals surface area contributed by atoms with Gasteiger partial charge in [-0.3, -0.25) is 9.89 Å². The molecule has 1 fully saturated rings. The summed E-state index contributed by atoms with van der Waals surface area (Å²) in [4.78, 5) is 12.5. The maximum Gasteiger partial charge on any atom is 0.238 e. The summed E-state index contributed by atoms with van der Waals surface area (Å²) in [5.41, 5.74) is 5.47. The summed E-state index contributed by atoms with van der Waals surface area (Å²) in [7, 11) is 0. The monoisotopic (exact) mass is 265 g/mol. The van der Waals surface area contributed by atoms with E-state index in [9.17, 15) is 4.79 Å². The van der Waals surface area contributed by atoms with Crippen molar-refractivity contribution < 1.29 is 10.0 Å². The first-order valence-corrected chi connectivity index (χ1v) is 6.47. The van der Waals surface area contributed by atoms with Crippen molar-refractivity contribution in [1.82, 2.24) is 10.2 Å². The Labute approximate surface area is 111 Å². The average molecular weight is 265 g/mol. The molecule has 0 unspecified atom stereocenters. The molecule has 1 aliphatic rings. The lowest BCUT2D eigenvalue weighted by Gasteiger charge is -2.29. The van der Waals surface area contributed by atoms with E-state index in [0.717, 1.165) is 25.7 Å². The number of aromatic nitrogens is 2. The minimum atomic E-state index is -0.914. The number of hydrogen-bond acceptors (Lipinski definition) is 4. The molecule has 0 atom stereocenters. The van der Waals surface area contributed by atoms with Crippen molar-refractivity contribution in [3.8, 4) is 0 Å². The van der Waals surface area contributed by atoms with Crippen LogP contribution >= 0.6 is 0 Å². The third-order valence-electron chi connectivity index (χ3n) is 3.75. The molecule has 0 spiro atoms. The summed E-state index contributed by atoms with van der Waals surface area (Å²) in [6.45, 7) is 0. The van der Waals surface area contributed by atoms with E-state index in [4.69, 9.17) is 10.9 Å². The molecule has 19 heavy (non-hydrogen) atoms. The maximum atomic E-state index is 12.5. The molecule has 0 bridgehead atoms. The zero-order chi connectivity index (χ0) is 13.7. The van der Waals surface area contributed by atoms with Gasteiger partial charge in [0, 0.05) is 6.20 Å². The Bertz CT molecular complexity index is 447. The number of hydrogen-bond donors (Lipinski definition) is 4. The van der Waals surface area contributed by atoms with Crippen molar-refractivity contribution in [3.05, 3.63) is 12.4 Å². The molecule has 104 valence electrons. The number of H-pyrrole nitrogens is 1. The van der Waals surface area contributed by atoms with Crippen LogP contribution in [0.2, 0.25) is 0 Å². The van der Waals surface area contributed by atoms with Crippen LogP contribution in [0.4, 0.5) is 5.69 Å². The van der Waals surface area contributed by atoms with Gasteiger partial charge in [0.2, 0.25) is 5.91 Å². The zero-order valence-corrected chi connectivity index (χ0v) is 10.7. The van der Waals surface area contributed by atoms with Gasteiger partial charge in [-0.05, 0) is 12.8 Å². The lowest BCUT2D eigenvalue weighted by atomic mass is 9.78. The molecule has 1 aromatic heterocycles. The van der Waals surface area contributed by atoms with Gasteiger partial charge in [-0.2, -0.15) is 5.10 Å². The fourth-order valence-electron chi connectivity index (χ4n) is 2.60. The Morgan fingerprint density at radius 1 is 1.42 bits per heavy atom. The second-order valence-corrected chi connectivity index (χ2v) is 4.92. The molecule has 1 heterocycles. The van der Waals surface area contributed by atoms with Gasteiger partial charge in [-0.25, -0.2) is 0 Å². The Kier molecular flexibility index (Phi) is 4.03. The topological polar surface area (TPSA) is 116 Å². The number of carbonyl (C=O) groups is 1. The number of nitrogens with one attached hydrogen (secondary N) is 2. The summed E-state index contributed by atoms with van der Waals surface area (Å²) in [5.74, 6) is -0.235. The van der Waals surface area contributed by atoms with Crippen LogP contribution in [-0.4, -0.2) is 27.1 Å². The molecule has 0 radical (unpaired) electrons. The number of carbonyl (C=O) groups excluding carboxylic acids is 1. The first kappa shape index (κ1) is 13.4. The second kappa shape index (κ2) is 5.73. The van der Waals surface area contributed by atoms with Crippen LogP contribution in [0, 0.1) is 5.41 Å². The normalized spacial score (nSPS) is 19.7. The number of oxime groups is 1. The molecule has 1 saturated carbocycles. The molecule has 2 rings (SSSR count). The summed E-state index contributed by atoms with van der Waals surface area (Å²) >= 11 is 0. The summed E-state index contributed by atoms with van der Waals surface area (Å²) in [6.07, 6.45) is 8.26. The molecule has 1 amide bonds. The van der Waals surface area contributed by atoms with Gasteiger partial charge in [0.25, 0.3) is 0 Å². The van der Waals surface area contributed by atoms with Gasteiger partial charge in [-0.15, -0.1) is 0 Å². The van der Waals surface area contributed by atoms with Crippen LogP contribution in [0.15, 0.2) is 17.5 Å². The van der Waals surface area contributed by atoms with Gasteiger partial charge >= 0.3 is 0 Å². The summed E-state index contributed by atoms with van der Waals surface area (Å²) in [5, 5.41) is 21.2. The van der Waals surface area contributed by atoms with E-state index in [1.807, 2.05) is 0 Å². The molecule has 1 aliphatic carbocycles. The molecule has 0 aromatic carbocycles. The highest BCUT2D eigenvalue weighted by molar-refractivity contribution is 6.11. The molecule has 0 saturated heterocycles. The molecular formula is C12H19N5O2. The third-order valence-corrected chi connectivity index (χ3v) is 3.75. The van der Waals surface area contributed by atoms with Crippen molar-refractivity contribution in [2.45, 2.75) is 38.5 Å². The highest BCUT2D eigenvalue weighted by atomic mass is 16.4. The molecule has 7 nitrogen and oxygen atoms in total. The predicted octanol–water partition coefficient (Wildman–Crippen LogP) is 1.44. The number of rotatable bonds is 3. The first-order valence-electron chi connectivity index (χ1n) is 6.47. The number of aromatic amines is 1. The van der Waals surface area contributed by atoms with Crippen LogP contribution in [0.25, 0.3) is 0 Å². The smallest absolute Gasteiger partial charge is 0.238 e. The van der Waals surface area contributed by atoms with Gasteiger partial charge in [0.1, 0.15) is 5.41 Å². The number of nitrogens with two attached hydrogens (primary N) is 1. The minimum absolute atomic E-state index is 0.00426. The number of anilines is 1. The lowest BCUT2D eigenvalue weighted by molar-refractivity contribution is -0.123. The van der Waals surface area contributed by atoms with Crippen molar-refractivity contribution in [2.75, 3.05) is 5.32 Å². The van der Waals surface area contributed by atoms with E-state index < -0.39 is 5.41 Å². The zero-order valence-electron chi connectivity index (χ0n) is 10.7. The fraction of sp³-hybridized carbons (Fsp3) is 0.583. The Morgan fingerprint density at radius 3 is 2.63 bits per heavy atom. The van der Waals surface area contributed by atoms with Crippen molar-refractivity contribution in [2.24, 2.45) is 16.3 Å². The average Bonchev–Trinajstić information content (AvgIpc) is 2.79. The third kappa shape index (κ3) is 2.69. The standard InChI is InChI=1S/C12H19N5O2/c13-10(17-19)12(5-3-1-2-4-6-12)11(18)16-9-7-14-15-8-9/h7-8,19H,1-6H2,(H2,13,17)(H,14,15)(H,16,18). The van der Waals surface area contributed by atoms with Crippen LogP contribution in [0.1, 0.15) is 38.5 Å². The molecule has 5 N–H and O–H groups in total. The SMILES string of the molecule is NC(=NO)C1(C(=O)Nc2cn[nH]c2)CCCCCC1. The van der Waals surface area contributed by atoms with Gasteiger partial charge < -0.3 is 16.3 Å². The van der Waals surface area contributed by atoms with Crippen molar-refractivity contribution >= 4 is 17.4 Å². The van der Waals surface area contributed by atoms with Gasteiger partial charge in [-0.1, -0.05) is 30.8 Å².